The molecule has 1 heterocycles. The van der Waals surface area contributed by atoms with Crippen LogP contribution in [-0.2, 0) is 22.0 Å². The van der Waals surface area contributed by atoms with Crippen molar-refractivity contribution >= 4 is 21.2 Å². The van der Waals surface area contributed by atoms with Crippen LogP contribution in [0.25, 0.3) is 0 Å². The van der Waals surface area contributed by atoms with Gasteiger partial charge >= 0.3 is 0 Å². The average Bonchev–Trinajstić information content (AvgIpc) is 2.62. The van der Waals surface area contributed by atoms with Gasteiger partial charge in [-0.2, -0.15) is 0 Å². The van der Waals surface area contributed by atoms with E-state index in [-0.39, 0.29) is 17.5 Å². The van der Waals surface area contributed by atoms with Crippen molar-refractivity contribution in [1.82, 2.24) is 0 Å². The zero-order chi connectivity index (χ0) is 12.2. The number of hydrogen-bond acceptors (Lipinski definition) is 4. The van der Waals surface area contributed by atoms with E-state index in [4.69, 9.17) is 5.73 Å². The summed E-state index contributed by atoms with van der Waals surface area (Å²) in [6.07, 6.45) is 1.50. The van der Waals surface area contributed by atoms with Crippen molar-refractivity contribution in [2.45, 2.75) is 38.5 Å². The van der Waals surface area contributed by atoms with Crippen LogP contribution in [0, 0.1) is 0 Å². The van der Waals surface area contributed by atoms with Crippen molar-refractivity contribution in [2.24, 2.45) is 5.73 Å². The minimum atomic E-state index is -2.99. The molecule has 0 aliphatic heterocycles. The van der Waals surface area contributed by atoms with Crippen molar-refractivity contribution < 1.29 is 8.42 Å². The maximum atomic E-state index is 11.8. The molecule has 0 aliphatic rings. The Hall–Kier alpha value is -0.390. The van der Waals surface area contributed by atoms with Crippen LogP contribution in [-0.4, -0.2) is 20.2 Å². The molecular formula is C11H19NO2S2. The predicted molar refractivity (Wildman–Crippen MR) is 69.5 cm³/mol. The van der Waals surface area contributed by atoms with Crippen LogP contribution in [0.1, 0.15) is 30.0 Å². The number of thiophene rings is 1. The second-order valence-electron chi connectivity index (χ2n) is 4.08. The Morgan fingerprint density at radius 3 is 2.50 bits per heavy atom. The highest BCUT2D eigenvalue weighted by Gasteiger charge is 2.14. The number of nitrogens with two attached hydrogens (primary N) is 1. The fraction of sp³-hybridized carbons (Fsp3) is 0.636. The average molecular weight is 261 g/mol. The van der Waals surface area contributed by atoms with Crippen molar-refractivity contribution in [3.8, 4) is 0 Å². The Morgan fingerprint density at radius 1 is 1.38 bits per heavy atom. The van der Waals surface area contributed by atoms with Gasteiger partial charge in [0.2, 0.25) is 0 Å². The Labute approximate surface area is 102 Å². The molecule has 3 nitrogen and oxygen atoms in total. The number of sulfone groups is 1. The first-order valence-electron chi connectivity index (χ1n) is 5.46. The van der Waals surface area contributed by atoms with Crippen LogP contribution >= 0.6 is 11.3 Å². The lowest BCUT2D eigenvalue weighted by atomic mass is 10.3. The number of hydrogen-bond donors (Lipinski definition) is 1. The van der Waals surface area contributed by atoms with E-state index in [9.17, 15) is 8.42 Å². The minimum absolute atomic E-state index is 0.0516. The molecule has 5 heteroatoms. The summed E-state index contributed by atoms with van der Waals surface area (Å²) in [5, 5.41) is 0. The van der Waals surface area contributed by atoms with Gasteiger partial charge in [0.15, 0.2) is 9.84 Å². The molecular weight excluding hydrogens is 242 g/mol. The maximum Gasteiger partial charge on any atom is 0.155 e. The van der Waals surface area contributed by atoms with E-state index >= 15 is 0 Å². The third kappa shape index (κ3) is 4.63. The van der Waals surface area contributed by atoms with E-state index in [2.05, 4.69) is 6.92 Å². The molecule has 16 heavy (non-hydrogen) atoms. The Bertz CT molecular complexity index is 421. The van der Waals surface area contributed by atoms with Gasteiger partial charge in [0.1, 0.15) is 0 Å². The molecule has 0 saturated carbocycles. The first kappa shape index (κ1) is 13.7. The summed E-state index contributed by atoms with van der Waals surface area (Å²) in [6, 6.07) is 3.86. The van der Waals surface area contributed by atoms with E-state index < -0.39 is 9.84 Å². The second kappa shape index (κ2) is 5.80. The predicted octanol–water partition coefficient (Wildman–Crippen LogP) is 1.96. The molecule has 0 radical (unpaired) electrons. The van der Waals surface area contributed by atoms with Crippen LogP contribution in [0.5, 0.6) is 0 Å². The fourth-order valence-corrected chi connectivity index (χ4v) is 4.28. The summed E-state index contributed by atoms with van der Waals surface area (Å²) < 4.78 is 23.5. The standard InChI is InChI=1S/C11H19NO2S2/c1-3-10-4-5-11(15-10)8-16(13,14)7-6-9(2)12/h4-5,9H,3,6-8,12H2,1-2H3. The summed E-state index contributed by atoms with van der Waals surface area (Å²) in [7, 11) is -2.99. The summed E-state index contributed by atoms with van der Waals surface area (Å²) in [6.45, 7) is 3.90. The highest BCUT2D eigenvalue weighted by molar-refractivity contribution is 7.90. The monoisotopic (exact) mass is 261 g/mol. The van der Waals surface area contributed by atoms with E-state index in [1.165, 1.54) is 4.88 Å². The largest absolute Gasteiger partial charge is 0.328 e. The smallest absolute Gasteiger partial charge is 0.155 e. The summed E-state index contributed by atoms with van der Waals surface area (Å²) in [5.41, 5.74) is 5.56. The molecule has 1 aromatic heterocycles. The molecule has 0 amide bonds. The molecule has 0 aliphatic carbocycles. The Kier molecular flexibility index (Phi) is 4.95. The molecule has 1 unspecified atom stereocenters. The Balaban J connectivity index is 2.58. The highest BCUT2D eigenvalue weighted by Crippen LogP contribution is 2.19. The van der Waals surface area contributed by atoms with Gasteiger partial charge in [0.25, 0.3) is 0 Å². The summed E-state index contributed by atoms with van der Waals surface area (Å²) in [4.78, 5) is 2.17. The van der Waals surface area contributed by atoms with E-state index in [1.807, 2.05) is 19.1 Å². The summed E-state index contributed by atoms with van der Waals surface area (Å²) >= 11 is 1.58. The van der Waals surface area contributed by atoms with E-state index in [0.717, 1.165) is 11.3 Å². The third-order valence-electron chi connectivity index (χ3n) is 2.31. The van der Waals surface area contributed by atoms with Crippen molar-refractivity contribution in [3.05, 3.63) is 21.9 Å². The van der Waals surface area contributed by atoms with Crippen LogP contribution in [0.15, 0.2) is 12.1 Å². The molecule has 0 saturated heterocycles. The van der Waals surface area contributed by atoms with Crippen LogP contribution in [0.4, 0.5) is 0 Å². The SMILES string of the molecule is CCc1ccc(CS(=O)(=O)CCC(C)N)s1. The molecule has 0 bridgehead atoms. The lowest BCUT2D eigenvalue weighted by Crippen LogP contribution is -2.20. The van der Waals surface area contributed by atoms with Gasteiger partial charge in [-0.05, 0) is 31.9 Å². The van der Waals surface area contributed by atoms with Crippen molar-refractivity contribution in [2.75, 3.05) is 5.75 Å². The first-order valence-corrected chi connectivity index (χ1v) is 8.10. The van der Waals surface area contributed by atoms with Crippen molar-refractivity contribution in [1.29, 1.82) is 0 Å². The van der Waals surface area contributed by atoms with Gasteiger partial charge in [-0.15, -0.1) is 11.3 Å². The molecule has 2 N–H and O–H groups in total. The molecule has 0 fully saturated rings. The number of aryl methyl sites for hydroxylation is 1. The van der Waals surface area contributed by atoms with E-state index in [1.54, 1.807) is 11.3 Å². The van der Waals surface area contributed by atoms with Gasteiger partial charge in [-0.25, -0.2) is 8.42 Å². The molecule has 0 spiro atoms. The second-order valence-corrected chi connectivity index (χ2v) is 7.52. The van der Waals surface area contributed by atoms with Gasteiger partial charge in [-0.3, -0.25) is 0 Å². The topological polar surface area (TPSA) is 60.2 Å². The zero-order valence-electron chi connectivity index (χ0n) is 9.77. The molecule has 1 rings (SSSR count). The van der Waals surface area contributed by atoms with Gasteiger partial charge in [-0.1, -0.05) is 6.92 Å². The van der Waals surface area contributed by atoms with Gasteiger partial charge in [0, 0.05) is 15.8 Å². The first-order chi connectivity index (χ1) is 7.43. The number of rotatable bonds is 6. The quantitative estimate of drug-likeness (QED) is 0.851. The fourth-order valence-electron chi connectivity index (χ4n) is 1.34. The minimum Gasteiger partial charge on any atom is -0.328 e. The molecule has 92 valence electrons. The lowest BCUT2D eigenvalue weighted by Gasteiger charge is -2.05. The molecule has 1 atom stereocenters. The van der Waals surface area contributed by atoms with Gasteiger partial charge in [0.05, 0.1) is 11.5 Å². The zero-order valence-corrected chi connectivity index (χ0v) is 11.4. The third-order valence-corrected chi connectivity index (χ3v) is 5.33. The molecule has 0 aromatic carbocycles. The lowest BCUT2D eigenvalue weighted by molar-refractivity contribution is 0.587. The maximum absolute atomic E-state index is 11.8. The van der Waals surface area contributed by atoms with Crippen LogP contribution in [0.3, 0.4) is 0 Å². The van der Waals surface area contributed by atoms with Gasteiger partial charge < -0.3 is 5.73 Å². The highest BCUT2D eigenvalue weighted by atomic mass is 32.2. The summed E-state index contributed by atoms with van der Waals surface area (Å²) in [5.74, 6) is 0.342. The van der Waals surface area contributed by atoms with Crippen LogP contribution < -0.4 is 5.73 Å². The molecule has 1 aromatic rings. The Morgan fingerprint density at radius 2 is 2.00 bits per heavy atom. The van der Waals surface area contributed by atoms with Crippen LogP contribution in [0.2, 0.25) is 0 Å². The normalized spacial score (nSPS) is 13.9. The van der Waals surface area contributed by atoms with E-state index in [0.29, 0.717) is 6.42 Å². The van der Waals surface area contributed by atoms with Crippen molar-refractivity contribution in [3.63, 3.8) is 0 Å².